The second-order valence-electron chi connectivity index (χ2n) is 6.92. The molecule has 1 fully saturated rings. The summed E-state index contributed by atoms with van der Waals surface area (Å²) >= 11 is 0. The molecule has 0 spiro atoms. The van der Waals surface area contributed by atoms with Crippen LogP contribution in [0.4, 0.5) is 5.69 Å². The first-order valence-corrected chi connectivity index (χ1v) is 8.91. The normalized spacial score (nSPS) is 16.0. The van der Waals surface area contributed by atoms with Gasteiger partial charge in [-0.2, -0.15) is 0 Å². The molecule has 1 aliphatic rings. The largest absolute Gasteiger partial charge is 0.465 e. The highest BCUT2D eigenvalue weighted by Crippen LogP contribution is 2.12. The Balaban J connectivity index is 1.77. The second kappa shape index (κ2) is 9.53. The minimum Gasteiger partial charge on any atom is -0.465 e. The van der Waals surface area contributed by atoms with E-state index in [0.29, 0.717) is 17.8 Å². The summed E-state index contributed by atoms with van der Waals surface area (Å²) in [6.07, 6.45) is 1.22. The summed E-state index contributed by atoms with van der Waals surface area (Å²) in [5.41, 5.74) is 1.04. The van der Waals surface area contributed by atoms with Gasteiger partial charge in [0.1, 0.15) is 0 Å². The third-order valence-corrected chi connectivity index (χ3v) is 4.42. The molecule has 0 unspecified atom stereocenters. The maximum atomic E-state index is 12.2. The molecule has 6 nitrogen and oxygen atoms in total. The van der Waals surface area contributed by atoms with E-state index in [1.165, 1.54) is 13.5 Å². The maximum absolute atomic E-state index is 12.2. The number of rotatable bonds is 7. The van der Waals surface area contributed by atoms with Gasteiger partial charge in [-0.15, -0.1) is 0 Å². The minimum atomic E-state index is -0.409. The van der Waals surface area contributed by atoms with E-state index in [1.807, 2.05) is 0 Å². The summed E-state index contributed by atoms with van der Waals surface area (Å²) < 4.78 is 4.70. The number of carbonyl (C=O) groups is 2. The van der Waals surface area contributed by atoms with Crippen LogP contribution in [0.15, 0.2) is 24.3 Å². The van der Waals surface area contributed by atoms with E-state index >= 15 is 0 Å². The van der Waals surface area contributed by atoms with Crippen molar-refractivity contribution < 1.29 is 14.3 Å². The fourth-order valence-electron chi connectivity index (χ4n) is 2.86. The molecule has 6 heteroatoms. The molecule has 0 aliphatic carbocycles. The molecule has 1 aliphatic heterocycles. The Morgan fingerprint density at radius 3 is 2.48 bits per heavy atom. The summed E-state index contributed by atoms with van der Waals surface area (Å²) in [6, 6.07) is 6.80. The number of anilines is 1. The summed E-state index contributed by atoms with van der Waals surface area (Å²) in [6.45, 7) is 9.85. The van der Waals surface area contributed by atoms with E-state index in [1.54, 1.807) is 24.3 Å². The highest BCUT2D eigenvalue weighted by Gasteiger charge is 2.19. The van der Waals surface area contributed by atoms with Crippen molar-refractivity contribution in [3.05, 3.63) is 29.8 Å². The van der Waals surface area contributed by atoms with Crippen molar-refractivity contribution in [1.29, 1.82) is 0 Å². The molecule has 0 bridgehead atoms. The monoisotopic (exact) mass is 347 g/mol. The van der Waals surface area contributed by atoms with Crippen molar-refractivity contribution >= 4 is 17.6 Å². The van der Waals surface area contributed by atoms with Crippen molar-refractivity contribution in [3.63, 3.8) is 0 Å². The van der Waals surface area contributed by atoms with Crippen LogP contribution in [0.2, 0.25) is 0 Å². The molecular formula is C19H29N3O3. The highest BCUT2D eigenvalue weighted by molar-refractivity contribution is 5.95. The first-order chi connectivity index (χ1) is 12.0. The van der Waals surface area contributed by atoms with E-state index in [-0.39, 0.29) is 5.91 Å². The van der Waals surface area contributed by atoms with Crippen LogP contribution in [0.5, 0.6) is 0 Å². The van der Waals surface area contributed by atoms with E-state index in [4.69, 9.17) is 4.74 Å². The van der Waals surface area contributed by atoms with Crippen molar-refractivity contribution in [2.75, 3.05) is 51.7 Å². The van der Waals surface area contributed by atoms with Crippen LogP contribution in [0, 0.1) is 5.92 Å². The molecule has 1 amide bonds. The Hall–Kier alpha value is -1.92. The Bertz CT molecular complexity index is 581. The smallest absolute Gasteiger partial charge is 0.337 e. The molecule has 1 saturated heterocycles. The summed E-state index contributed by atoms with van der Waals surface area (Å²) in [5.74, 6) is 0.260. The van der Waals surface area contributed by atoms with Crippen LogP contribution in [0.1, 0.15) is 30.6 Å². The van der Waals surface area contributed by atoms with Crippen LogP contribution in [-0.4, -0.2) is 68.1 Å². The Morgan fingerprint density at radius 2 is 1.84 bits per heavy atom. The number of hydrogen-bond donors (Lipinski definition) is 1. The lowest BCUT2D eigenvalue weighted by molar-refractivity contribution is -0.117. The Labute approximate surface area is 150 Å². The van der Waals surface area contributed by atoms with Gasteiger partial charge in [0, 0.05) is 31.9 Å². The standard InChI is InChI=1S/C19H29N3O3/c1-15(2)7-8-21-9-11-22(12-10-21)14-18(23)20-17-6-4-5-16(13-17)19(24)25-3/h4-6,13,15H,7-12,14H2,1-3H3,(H,20,23). The molecular weight excluding hydrogens is 318 g/mol. The number of hydrogen-bond acceptors (Lipinski definition) is 5. The zero-order chi connectivity index (χ0) is 18.2. The lowest BCUT2D eigenvalue weighted by atomic mass is 10.1. The number of benzene rings is 1. The van der Waals surface area contributed by atoms with Crippen molar-refractivity contribution in [2.45, 2.75) is 20.3 Å². The molecule has 1 N–H and O–H groups in total. The average Bonchev–Trinajstić information content (AvgIpc) is 2.60. The van der Waals surface area contributed by atoms with Gasteiger partial charge in [0.25, 0.3) is 0 Å². The van der Waals surface area contributed by atoms with E-state index in [9.17, 15) is 9.59 Å². The third-order valence-electron chi connectivity index (χ3n) is 4.42. The first kappa shape index (κ1) is 19.4. The zero-order valence-electron chi connectivity index (χ0n) is 15.5. The minimum absolute atomic E-state index is 0.0577. The van der Waals surface area contributed by atoms with Crippen molar-refractivity contribution in [3.8, 4) is 0 Å². The second-order valence-corrected chi connectivity index (χ2v) is 6.92. The van der Waals surface area contributed by atoms with E-state index in [0.717, 1.165) is 38.6 Å². The van der Waals surface area contributed by atoms with Gasteiger partial charge in [-0.1, -0.05) is 19.9 Å². The Morgan fingerprint density at radius 1 is 1.16 bits per heavy atom. The van der Waals surface area contributed by atoms with Crippen LogP contribution in [0.3, 0.4) is 0 Å². The SMILES string of the molecule is COC(=O)c1cccc(NC(=O)CN2CCN(CCC(C)C)CC2)c1. The number of carbonyl (C=O) groups excluding carboxylic acids is 2. The predicted octanol–water partition coefficient (Wildman–Crippen LogP) is 2.08. The summed E-state index contributed by atoms with van der Waals surface area (Å²) in [4.78, 5) is 28.4. The molecule has 0 radical (unpaired) electrons. The number of amides is 1. The van der Waals surface area contributed by atoms with Gasteiger partial charge in [0.2, 0.25) is 5.91 Å². The fraction of sp³-hybridized carbons (Fsp3) is 0.579. The van der Waals surface area contributed by atoms with Gasteiger partial charge < -0.3 is 15.0 Å². The van der Waals surface area contributed by atoms with Gasteiger partial charge in [-0.05, 0) is 37.1 Å². The molecule has 25 heavy (non-hydrogen) atoms. The van der Waals surface area contributed by atoms with Crippen LogP contribution < -0.4 is 5.32 Å². The van der Waals surface area contributed by atoms with Crippen LogP contribution in [-0.2, 0) is 9.53 Å². The summed E-state index contributed by atoms with van der Waals surface area (Å²) in [5, 5.41) is 2.86. The number of esters is 1. The van der Waals surface area contributed by atoms with Crippen molar-refractivity contribution in [2.24, 2.45) is 5.92 Å². The predicted molar refractivity (Wildman–Crippen MR) is 98.7 cm³/mol. The van der Waals surface area contributed by atoms with E-state index in [2.05, 4.69) is 29.0 Å². The number of piperazine rings is 1. The molecule has 0 atom stereocenters. The molecule has 138 valence electrons. The van der Waals surface area contributed by atoms with Gasteiger partial charge >= 0.3 is 5.97 Å². The van der Waals surface area contributed by atoms with Gasteiger partial charge in [0.05, 0.1) is 19.2 Å². The van der Waals surface area contributed by atoms with E-state index < -0.39 is 5.97 Å². The molecule has 1 aromatic carbocycles. The quantitative estimate of drug-likeness (QED) is 0.765. The topological polar surface area (TPSA) is 61.9 Å². The maximum Gasteiger partial charge on any atom is 0.337 e. The van der Waals surface area contributed by atoms with Gasteiger partial charge in [-0.25, -0.2) is 4.79 Å². The van der Waals surface area contributed by atoms with Crippen LogP contribution in [0.25, 0.3) is 0 Å². The van der Waals surface area contributed by atoms with Crippen LogP contribution >= 0.6 is 0 Å². The highest BCUT2D eigenvalue weighted by atomic mass is 16.5. The number of methoxy groups -OCH3 is 1. The molecule has 0 aromatic heterocycles. The lowest BCUT2D eigenvalue weighted by Crippen LogP contribution is -2.48. The number of ether oxygens (including phenoxy) is 1. The lowest BCUT2D eigenvalue weighted by Gasteiger charge is -2.34. The molecule has 1 heterocycles. The zero-order valence-corrected chi connectivity index (χ0v) is 15.5. The van der Waals surface area contributed by atoms with Crippen molar-refractivity contribution in [1.82, 2.24) is 9.80 Å². The Kier molecular flexibility index (Phi) is 7.40. The first-order valence-electron chi connectivity index (χ1n) is 8.91. The average molecular weight is 347 g/mol. The molecule has 2 rings (SSSR count). The van der Waals surface area contributed by atoms with Gasteiger partial charge in [0.15, 0.2) is 0 Å². The third kappa shape index (κ3) is 6.48. The molecule has 1 aromatic rings. The van der Waals surface area contributed by atoms with Gasteiger partial charge in [-0.3, -0.25) is 9.69 Å². The number of nitrogens with zero attached hydrogens (tertiary/aromatic N) is 2. The molecule has 0 saturated carbocycles. The summed E-state index contributed by atoms with van der Waals surface area (Å²) in [7, 11) is 1.34. The fourth-order valence-corrected chi connectivity index (χ4v) is 2.86. The number of nitrogens with one attached hydrogen (secondary N) is 1.